The minimum absolute atomic E-state index is 0.0225. The maximum absolute atomic E-state index is 13.2. The zero-order valence-electron chi connectivity index (χ0n) is 18.0. The molecule has 0 bridgehead atoms. The molecule has 0 saturated carbocycles. The standard InChI is InChI=1S/C25H21BrN2O5/c1-32-19-9-4-3-7-16(19)14-28-22(18-8-5-6-12-27-18)21(24(30)25(28)31)23(29)15-10-11-20(33-2)17(26)13-15/h3-13,22,29H,14H2,1-2H3/b23-21-. The van der Waals surface area contributed by atoms with Gasteiger partial charge in [-0.15, -0.1) is 0 Å². The zero-order valence-corrected chi connectivity index (χ0v) is 19.6. The number of hydrogen-bond acceptors (Lipinski definition) is 6. The highest BCUT2D eigenvalue weighted by atomic mass is 79.9. The number of rotatable bonds is 6. The molecule has 0 spiro atoms. The van der Waals surface area contributed by atoms with E-state index in [1.807, 2.05) is 18.2 Å². The van der Waals surface area contributed by atoms with E-state index in [1.165, 1.54) is 12.0 Å². The summed E-state index contributed by atoms with van der Waals surface area (Å²) < 4.78 is 11.3. The molecule has 4 rings (SSSR count). The highest BCUT2D eigenvalue weighted by Gasteiger charge is 2.47. The first-order valence-corrected chi connectivity index (χ1v) is 10.9. The lowest BCUT2D eigenvalue weighted by molar-refractivity contribution is -0.140. The molecule has 1 aliphatic heterocycles. The number of Topliss-reactive ketones (excluding diaryl/α,β-unsaturated/α-hetero) is 1. The lowest BCUT2D eigenvalue weighted by atomic mass is 9.98. The summed E-state index contributed by atoms with van der Waals surface area (Å²) in [4.78, 5) is 32.1. The molecular weight excluding hydrogens is 488 g/mol. The Morgan fingerprint density at radius 2 is 1.76 bits per heavy atom. The molecule has 1 amide bonds. The van der Waals surface area contributed by atoms with E-state index >= 15 is 0 Å². The van der Waals surface area contributed by atoms with E-state index in [-0.39, 0.29) is 17.9 Å². The Bertz CT molecular complexity index is 1240. The van der Waals surface area contributed by atoms with Crippen molar-refractivity contribution in [3.05, 3.63) is 93.7 Å². The van der Waals surface area contributed by atoms with Crippen LogP contribution in [-0.4, -0.2) is 40.9 Å². The number of likely N-dealkylation sites (tertiary alicyclic amines) is 1. The molecule has 1 saturated heterocycles. The number of hydrogen-bond donors (Lipinski definition) is 1. The van der Waals surface area contributed by atoms with Gasteiger partial charge in [0.05, 0.1) is 36.5 Å². The minimum Gasteiger partial charge on any atom is -0.507 e. The summed E-state index contributed by atoms with van der Waals surface area (Å²) in [6, 6.07) is 16.6. The maximum atomic E-state index is 13.2. The fraction of sp³-hybridized carbons (Fsp3) is 0.160. The van der Waals surface area contributed by atoms with Crippen molar-refractivity contribution in [1.82, 2.24) is 9.88 Å². The first-order valence-electron chi connectivity index (χ1n) is 10.1. The second-order valence-electron chi connectivity index (χ2n) is 7.34. The number of nitrogens with zero attached hydrogens (tertiary/aromatic N) is 2. The predicted octanol–water partition coefficient (Wildman–Crippen LogP) is 4.48. The number of aliphatic hydroxyl groups is 1. The first-order chi connectivity index (χ1) is 16.0. The van der Waals surface area contributed by atoms with Crippen LogP contribution in [0.2, 0.25) is 0 Å². The van der Waals surface area contributed by atoms with Crippen molar-refractivity contribution in [2.75, 3.05) is 14.2 Å². The third-order valence-corrected chi connectivity index (χ3v) is 6.09. The second-order valence-corrected chi connectivity index (χ2v) is 8.20. The molecule has 1 atom stereocenters. The Morgan fingerprint density at radius 3 is 2.42 bits per heavy atom. The molecule has 2 aromatic carbocycles. The van der Waals surface area contributed by atoms with Gasteiger partial charge in [0.1, 0.15) is 23.3 Å². The SMILES string of the molecule is COc1ccc(/C(O)=C2/C(=O)C(=O)N(Cc3ccccc3OC)C2c2ccccn2)cc1Br. The number of pyridine rings is 1. The molecule has 33 heavy (non-hydrogen) atoms. The van der Waals surface area contributed by atoms with Gasteiger partial charge in [-0.1, -0.05) is 24.3 Å². The molecule has 8 heteroatoms. The summed E-state index contributed by atoms with van der Waals surface area (Å²) in [5, 5.41) is 11.2. The van der Waals surface area contributed by atoms with Gasteiger partial charge in [0.2, 0.25) is 0 Å². The fourth-order valence-corrected chi connectivity index (χ4v) is 4.42. The van der Waals surface area contributed by atoms with Gasteiger partial charge in [-0.25, -0.2) is 0 Å². The molecular formula is C25H21BrN2O5. The van der Waals surface area contributed by atoms with Crippen molar-refractivity contribution in [2.45, 2.75) is 12.6 Å². The maximum Gasteiger partial charge on any atom is 0.296 e. The van der Waals surface area contributed by atoms with Gasteiger partial charge in [0, 0.05) is 17.3 Å². The molecule has 1 aromatic heterocycles. The zero-order chi connectivity index (χ0) is 23.5. The highest BCUT2D eigenvalue weighted by molar-refractivity contribution is 9.10. The highest BCUT2D eigenvalue weighted by Crippen LogP contribution is 2.41. The molecule has 0 aliphatic carbocycles. The number of methoxy groups -OCH3 is 2. The summed E-state index contributed by atoms with van der Waals surface area (Å²) in [5.41, 5.74) is 1.56. The second kappa shape index (κ2) is 9.46. The topological polar surface area (TPSA) is 89.0 Å². The van der Waals surface area contributed by atoms with Crippen LogP contribution in [0.3, 0.4) is 0 Å². The Kier molecular flexibility index (Phi) is 6.46. The number of ether oxygens (including phenoxy) is 2. The molecule has 168 valence electrons. The lowest BCUT2D eigenvalue weighted by Gasteiger charge is -2.25. The van der Waals surface area contributed by atoms with Crippen LogP contribution in [0.4, 0.5) is 0 Å². The smallest absolute Gasteiger partial charge is 0.296 e. The summed E-state index contributed by atoms with van der Waals surface area (Å²) in [6.45, 7) is 0.110. The minimum atomic E-state index is -0.864. The van der Waals surface area contributed by atoms with Crippen LogP contribution < -0.4 is 9.47 Å². The number of carbonyl (C=O) groups excluding carboxylic acids is 2. The number of benzene rings is 2. The van der Waals surface area contributed by atoms with E-state index in [9.17, 15) is 14.7 Å². The van der Waals surface area contributed by atoms with E-state index in [4.69, 9.17) is 9.47 Å². The van der Waals surface area contributed by atoms with E-state index in [0.29, 0.717) is 27.2 Å². The number of amides is 1. The van der Waals surface area contributed by atoms with Crippen LogP contribution in [0.1, 0.15) is 22.9 Å². The third kappa shape index (κ3) is 4.21. The summed E-state index contributed by atoms with van der Waals surface area (Å²) in [5.74, 6) is -0.603. The van der Waals surface area contributed by atoms with Gasteiger partial charge in [0.15, 0.2) is 0 Å². The van der Waals surface area contributed by atoms with Crippen molar-refractivity contribution in [3.63, 3.8) is 0 Å². The van der Waals surface area contributed by atoms with Crippen LogP contribution >= 0.6 is 15.9 Å². The van der Waals surface area contributed by atoms with Gasteiger partial charge in [-0.3, -0.25) is 14.6 Å². The van der Waals surface area contributed by atoms with Crippen LogP contribution in [0.25, 0.3) is 5.76 Å². The largest absolute Gasteiger partial charge is 0.507 e. The number of carbonyl (C=O) groups is 2. The summed E-state index contributed by atoms with van der Waals surface area (Å²) in [7, 11) is 3.08. The molecule has 1 fully saturated rings. The third-order valence-electron chi connectivity index (χ3n) is 5.47. The number of para-hydroxylation sites is 1. The van der Waals surface area contributed by atoms with E-state index in [2.05, 4.69) is 20.9 Å². The van der Waals surface area contributed by atoms with Gasteiger partial charge in [-0.2, -0.15) is 0 Å². The predicted molar refractivity (Wildman–Crippen MR) is 126 cm³/mol. The molecule has 2 heterocycles. The number of halogens is 1. The van der Waals surface area contributed by atoms with Crippen LogP contribution in [0, 0.1) is 0 Å². The molecule has 1 N–H and O–H groups in total. The van der Waals surface area contributed by atoms with Gasteiger partial charge in [-0.05, 0) is 52.3 Å². The van der Waals surface area contributed by atoms with E-state index in [0.717, 1.165) is 5.56 Å². The van der Waals surface area contributed by atoms with Gasteiger partial charge < -0.3 is 19.5 Å². The van der Waals surface area contributed by atoms with E-state index < -0.39 is 17.7 Å². The number of aliphatic hydroxyl groups excluding tert-OH is 1. The van der Waals surface area contributed by atoms with Gasteiger partial charge in [0.25, 0.3) is 11.7 Å². The average Bonchev–Trinajstić information content (AvgIpc) is 3.09. The molecule has 7 nitrogen and oxygen atoms in total. The average molecular weight is 509 g/mol. The monoisotopic (exact) mass is 508 g/mol. The van der Waals surface area contributed by atoms with Crippen LogP contribution in [-0.2, 0) is 16.1 Å². The quantitative estimate of drug-likeness (QED) is 0.300. The van der Waals surface area contributed by atoms with E-state index in [1.54, 1.807) is 55.8 Å². The number of aromatic nitrogens is 1. The lowest BCUT2D eigenvalue weighted by Crippen LogP contribution is -2.29. The van der Waals surface area contributed by atoms with Crippen molar-refractivity contribution in [3.8, 4) is 11.5 Å². The number of ketones is 1. The molecule has 1 aliphatic rings. The first kappa shape index (κ1) is 22.5. The molecule has 1 unspecified atom stereocenters. The summed E-state index contributed by atoms with van der Waals surface area (Å²) >= 11 is 3.40. The summed E-state index contributed by atoms with van der Waals surface area (Å²) in [6.07, 6.45) is 1.59. The normalized spacial score (nSPS) is 17.3. The Morgan fingerprint density at radius 1 is 1.03 bits per heavy atom. The van der Waals surface area contributed by atoms with Crippen molar-refractivity contribution in [2.24, 2.45) is 0 Å². The Labute approximate surface area is 199 Å². The molecule has 3 aromatic rings. The van der Waals surface area contributed by atoms with Gasteiger partial charge >= 0.3 is 0 Å². The Balaban J connectivity index is 1.86. The Hall–Kier alpha value is -3.65. The van der Waals surface area contributed by atoms with Crippen molar-refractivity contribution < 1.29 is 24.2 Å². The molecule has 0 radical (unpaired) electrons. The fourth-order valence-electron chi connectivity index (χ4n) is 3.87. The van der Waals surface area contributed by atoms with Crippen LogP contribution in [0.15, 0.2) is 76.9 Å². The van der Waals surface area contributed by atoms with Crippen LogP contribution in [0.5, 0.6) is 11.5 Å². The van der Waals surface area contributed by atoms with Crippen molar-refractivity contribution >= 4 is 33.4 Å². The van der Waals surface area contributed by atoms with Crippen molar-refractivity contribution in [1.29, 1.82) is 0 Å².